The summed E-state index contributed by atoms with van der Waals surface area (Å²) in [5.41, 5.74) is -0.193. The molecule has 3 aromatic rings. The van der Waals surface area contributed by atoms with Crippen molar-refractivity contribution in [2.24, 2.45) is 0 Å². The summed E-state index contributed by atoms with van der Waals surface area (Å²) in [7, 11) is 0. The molecule has 9 heteroatoms. The van der Waals surface area contributed by atoms with Gasteiger partial charge in [-0.05, 0) is 18.6 Å². The standard InChI is InChI=1S/C22H18ClN3O5/c1-14(15-6-3-2-4-7-15)24-22(29)20(25-13-17(23)10-11-19(25)27)21(28)16-8-5-9-18(12-16)26(30)31/h2-14,20H,1H3,(H,24,29)/t14-,20+/m0/s1. The number of rotatable bonds is 7. The molecule has 0 aliphatic carbocycles. The number of Topliss-reactive ketones (excluding diaryl/α,β-unsaturated/α-hetero) is 1. The van der Waals surface area contributed by atoms with Crippen LogP contribution in [0.15, 0.2) is 77.7 Å². The van der Waals surface area contributed by atoms with E-state index in [1.807, 2.05) is 30.3 Å². The number of carbonyl (C=O) groups excluding carboxylic acids is 2. The fourth-order valence-electron chi connectivity index (χ4n) is 3.10. The van der Waals surface area contributed by atoms with Gasteiger partial charge in [0.2, 0.25) is 0 Å². The Balaban J connectivity index is 2.02. The van der Waals surface area contributed by atoms with E-state index < -0.39 is 34.3 Å². The Morgan fingerprint density at radius 2 is 1.77 bits per heavy atom. The number of amides is 1. The molecule has 0 unspecified atom stereocenters. The van der Waals surface area contributed by atoms with Gasteiger partial charge in [0, 0.05) is 30.0 Å². The first-order valence-electron chi connectivity index (χ1n) is 9.29. The van der Waals surface area contributed by atoms with Crippen LogP contribution in [0.4, 0.5) is 5.69 Å². The molecule has 2 aromatic carbocycles. The molecular weight excluding hydrogens is 422 g/mol. The average molecular weight is 440 g/mol. The van der Waals surface area contributed by atoms with E-state index in [0.717, 1.165) is 22.3 Å². The highest BCUT2D eigenvalue weighted by molar-refractivity contribution is 6.30. The van der Waals surface area contributed by atoms with Crippen LogP contribution in [0, 0.1) is 10.1 Å². The van der Waals surface area contributed by atoms with Gasteiger partial charge in [-0.1, -0.05) is 54.1 Å². The van der Waals surface area contributed by atoms with Crippen molar-refractivity contribution in [3.63, 3.8) is 0 Å². The van der Waals surface area contributed by atoms with Gasteiger partial charge in [-0.3, -0.25) is 29.1 Å². The maximum atomic E-state index is 13.3. The average Bonchev–Trinajstić information content (AvgIpc) is 2.76. The first-order valence-corrected chi connectivity index (χ1v) is 9.67. The van der Waals surface area contributed by atoms with Gasteiger partial charge in [0.25, 0.3) is 17.2 Å². The number of ketones is 1. The predicted molar refractivity (Wildman–Crippen MR) is 115 cm³/mol. The third-order valence-electron chi connectivity index (χ3n) is 4.68. The van der Waals surface area contributed by atoms with E-state index in [1.54, 1.807) is 6.92 Å². The van der Waals surface area contributed by atoms with E-state index in [2.05, 4.69) is 5.32 Å². The van der Waals surface area contributed by atoms with Crippen LogP contribution in [0.5, 0.6) is 0 Å². The van der Waals surface area contributed by atoms with Crippen LogP contribution in [0.1, 0.15) is 34.9 Å². The molecule has 0 fully saturated rings. The van der Waals surface area contributed by atoms with Crippen molar-refractivity contribution < 1.29 is 14.5 Å². The lowest BCUT2D eigenvalue weighted by molar-refractivity contribution is -0.384. The SMILES string of the molecule is C[C@H](NC(=O)[C@@H](C(=O)c1cccc([N+](=O)[O-])c1)n1cc(Cl)ccc1=O)c1ccccc1. The van der Waals surface area contributed by atoms with Crippen molar-refractivity contribution in [3.05, 3.63) is 110 Å². The second kappa shape index (κ2) is 9.36. The fraction of sp³-hybridized carbons (Fsp3) is 0.136. The topological polar surface area (TPSA) is 111 Å². The molecule has 158 valence electrons. The Kier molecular flexibility index (Phi) is 6.61. The van der Waals surface area contributed by atoms with E-state index in [0.29, 0.717) is 0 Å². The molecule has 8 nitrogen and oxygen atoms in total. The van der Waals surface area contributed by atoms with Crippen LogP contribution >= 0.6 is 11.6 Å². The predicted octanol–water partition coefficient (Wildman–Crippen LogP) is 3.71. The quantitative estimate of drug-likeness (QED) is 0.261. The number of benzene rings is 2. The summed E-state index contributed by atoms with van der Waals surface area (Å²) in [6.07, 6.45) is 1.19. The number of pyridine rings is 1. The minimum absolute atomic E-state index is 0.0754. The molecule has 1 aromatic heterocycles. The number of hydrogen-bond acceptors (Lipinski definition) is 5. The van der Waals surface area contributed by atoms with Crippen molar-refractivity contribution in [1.82, 2.24) is 9.88 Å². The van der Waals surface area contributed by atoms with Crippen LogP contribution in [0.25, 0.3) is 0 Å². The summed E-state index contributed by atoms with van der Waals surface area (Å²) in [6.45, 7) is 1.74. The largest absolute Gasteiger partial charge is 0.347 e. The molecule has 1 heterocycles. The number of non-ortho nitro benzene ring substituents is 1. The van der Waals surface area contributed by atoms with Crippen LogP contribution < -0.4 is 10.9 Å². The van der Waals surface area contributed by atoms with Crippen molar-refractivity contribution >= 4 is 29.0 Å². The molecule has 0 bridgehead atoms. The summed E-state index contributed by atoms with van der Waals surface area (Å²) in [5, 5.41) is 14.0. The van der Waals surface area contributed by atoms with Gasteiger partial charge in [0.05, 0.1) is 16.0 Å². The molecule has 0 saturated heterocycles. The number of nitrogens with zero attached hydrogens (tertiary/aromatic N) is 2. The van der Waals surface area contributed by atoms with Gasteiger partial charge in [0.15, 0.2) is 11.8 Å². The third-order valence-corrected chi connectivity index (χ3v) is 4.90. The van der Waals surface area contributed by atoms with Gasteiger partial charge in [-0.25, -0.2) is 0 Å². The zero-order chi connectivity index (χ0) is 22.5. The number of nitrogens with one attached hydrogen (secondary N) is 1. The van der Waals surface area contributed by atoms with Gasteiger partial charge in [0.1, 0.15) is 0 Å². The zero-order valence-electron chi connectivity index (χ0n) is 16.4. The molecule has 1 amide bonds. The number of carbonyl (C=O) groups is 2. The molecule has 0 spiro atoms. The summed E-state index contributed by atoms with van der Waals surface area (Å²) in [6, 6.07) is 14.5. The summed E-state index contributed by atoms with van der Waals surface area (Å²) < 4.78 is 0.927. The number of halogens is 1. The lowest BCUT2D eigenvalue weighted by Gasteiger charge is -2.22. The Hall–Kier alpha value is -3.78. The maximum absolute atomic E-state index is 13.3. The molecule has 0 saturated carbocycles. The number of nitro benzene ring substituents is 1. The first-order chi connectivity index (χ1) is 14.8. The Morgan fingerprint density at radius 1 is 1.06 bits per heavy atom. The van der Waals surface area contributed by atoms with Crippen molar-refractivity contribution in [2.75, 3.05) is 0 Å². The fourth-order valence-corrected chi connectivity index (χ4v) is 3.27. The van der Waals surface area contributed by atoms with Crippen molar-refractivity contribution in [1.29, 1.82) is 0 Å². The lowest BCUT2D eigenvalue weighted by atomic mass is 10.0. The van der Waals surface area contributed by atoms with E-state index in [-0.39, 0.29) is 16.3 Å². The summed E-state index contributed by atoms with van der Waals surface area (Å²) in [4.78, 5) is 49.3. The zero-order valence-corrected chi connectivity index (χ0v) is 17.2. The van der Waals surface area contributed by atoms with Crippen molar-refractivity contribution in [3.8, 4) is 0 Å². The van der Waals surface area contributed by atoms with E-state index in [4.69, 9.17) is 11.6 Å². The maximum Gasteiger partial charge on any atom is 0.270 e. The van der Waals surface area contributed by atoms with E-state index in [1.165, 1.54) is 30.5 Å². The van der Waals surface area contributed by atoms with Crippen LogP contribution in [0.2, 0.25) is 5.02 Å². The number of nitro groups is 1. The lowest BCUT2D eigenvalue weighted by Crippen LogP contribution is -2.42. The van der Waals surface area contributed by atoms with Gasteiger partial charge in [-0.15, -0.1) is 0 Å². The molecular formula is C22H18ClN3O5. The molecule has 2 atom stereocenters. The highest BCUT2D eigenvalue weighted by atomic mass is 35.5. The van der Waals surface area contributed by atoms with Gasteiger partial charge >= 0.3 is 0 Å². The smallest absolute Gasteiger partial charge is 0.270 e. The molecule has 3 rings (SSSR count). The number of aromatic nitrogens is 1. The molecule has 0 aliphatic heterocycles. The second-order valence-electron chi connectivity index (χ2n) is 6.81. The minimum Gasteiger partial charge on any atom is -0.347 e. The summed E-state index contributed by atoms with van der Waals surface area (Å²) >= 11 is 5.99. The molecule has 1 N–H and O–H groups in total. The Bertz CT molecular complexity index is 1190. The first kappa shape index (κ1) is 21.9. The summed E-state index contributed by atoms with van der Waals surface area (Å²) in [5.74, 6) is -1.51. The monoisotopic (exact) mass is 439 g/mol. The Labute approximate surface area is 182 Å². The van der Waals surface area contributed by atoms with Crippen molar-refractivity contribution in [2.45, 2.75) is 19.0 Å². The highest BCUT2D eigenvalue weighted by Crippen LogP contribution is 2.21. The Morgan fingerprint density at radius 3 is 2.45 bits per heavy atom. The van der Waals surface area contributed by atoms with Crippen LogP contribution in [0.3, 0.4) is 0 Å². The molecule has 31 heavy (non-hydrogen) atoms. The molecule has 0 radical (unpaired) electrons. The van der Waals surface area contributed by atoms with E-state index >= 15 is 0 Å². The second-order valence-corrected chi connectivity index (χ2v) is 7.24. The van der Waals surface area contributed by atoms with Gasteiger partial charge in [-0.2, -0.15) is 0 Å². The third kappa shape index (κ3) is 5.04. The van der Waals surface area contributed by atoms with E-state index in [9.17, 15) is 24.5 Å². The normalized spacial score (nSPS) is 12.6. The number of hydrogen-bond donors (Lipinski definition) is 1. The van der Waals surface area contributed by atoms with Crippen LogP contribution in [-0.4, -0.2) is 21.2 Å². The molecule has 0 aliphatic rings. The van der Waals surface area contributed by atoms with Gasteiger partial charge < -0.3 is 5.32 Å². The highest BCUT2D eigenvalue weighted by Gasteiger charge is 2.32. The minimum atomic E-state index is -1.60. The van der Waals surface area contributed by atoms with Crippen LogP contribution in [-0.2, 0) is 4.79 Å².